The van der Waals surface area contributed by atoms with Gasteiger partial charge in [-0.3, -0.25) is 0 Å². The zero-order chi connectivity index (χ0) is 11.6. The fourth-order valence-corrected chi connectivity index (χ4v) is 1.44. The summed E-state index contributed by atoms with van der Waals surface area (Å²) in [7, 11) is 3.10. The van der Waals surface area contributed by atoms with Crippen LogP contribution >= 0.6 is 0 Å². The summed E-state index contributed by atoms with van der Waals surface area (Å²) in [6.07, 6.45) is 0. The molecule has 1 aromatic rings. The minimum atomic E-state index is -0.639. The molecular weight excluding hydrogens is 200 g/mol. The summed E-state index contributed by atoms with van der Waals surface area (Å²) >= 11 is 0. The van der Waals surface area contributed by atoms with Gasteiger partial charge in [0, 0.05) is 23.2 Å². The number of ether oxygens (including phenoxy) is 1. The van der Waals surface area contributed by atoms with Crippen molar-refractivity contribution in [2.45, 2.75) is 19.4 Å². The lowest BCUT2D eigenvalue weighted by atomic mass is 9.93. The van der Waals surface area contributed by atoms with Gasteiger partial charge in [0.05, 0.1) is 7.11 Å². The molecule has 0 bridgehead atoms. The molecule has 1 N–H and O–H groups in total. The molecular formula is C11H15F2NO. The number of halogens is 2. The van der Waals surface area contributed by atoms with E-state index in [9.17, 15) is 8.78 Å². The molecule has 0 amide bonds. The number of hydrogen-bond acceptors (Lipinski definition) is 2. The molecule has 0 aromatic heterocycles. The lowest BCUT2D eigenvalue weighted by Gasteiger charge is -2.27. The molecule has 0 saturated heterocycles. The Morgan fingerprint density at radius 2 is 1.87 bits per heavy atom. The van der Waals surface area contributed by atoms with E-state index >= 15 is 0 Å². The first-order valence-corrected chi connectivity index (χ1v) is 4.65. The topological polar surface area (TPSA) is 21.3 Å². The summed E-state index contributed by atoms with van der Waals surface area (Å²) in [5, 5.41) is 2.95. The third-order valence-electron chi connectivity index (χ3n) is 2.49. The fourth-order valence-electron chi connectivity index (χ4n) is 1.44. The van der Waals surface area contributed by atoms with Crippen molar-refractivity contribution in [3.05, 3.63) is 29.3 Å². The molecule has 0 aliphatic carbocycles. The van der Waals surface area contributed by atoms with Crippen molar-refractivity contribution in [2.75, 3.05) is 14.2 Å². The second kappa shape index (κ2) is 4.14. The van der Waals surface area contributed by atoms with Gasteiger partial charge in [-0.25, -0.2) is 8.78 Å². The molecule has 84 valence electrons. The lowest BCUT2D eigenvalue weighted by molar-refractivity contribution is 0.357. The van der Waals surface area contributed by atoms with Gasteiger partial charge in [0.1, 0.15) is 17.4 Å². The molecule has 4 heteroatoms. The third kappa shape index (κ3) is 2.26. The van der Waals surface area contributed by atoms with Gasteiger partial charge in [-0.2, -0.15) is 0 Å². The summed E-state index contributed by atoms with van der Waals surface area (Å²) in [5.74, 6) is -1.03. The summed E-state index contributed by atoms with van der Waals surface area (Å²) < 4.78 is 31.5. The molecule has 2 nitrogen and oxygen atoms in total. The van der Waals surface area contributed by atoms with Crippen molar-refractivity contribution in [1.82, 2.24) is 5.32 Å². The van der Waals surface area contributed by atoms with Crippen molar-refractivity contribution >= 4 is 0 Å². The van der Waals surface area contributed by atoms with Gasteiger partial charge in [0.25, 0.3) is 0 Å². The van der Waals surface area contributed by atoms with Gasteiger partial charge in [0.15, 0.2) is 0 Å². The van der Waals surface area contributed by atoms with E-state index in [2.05, 4.69) is 5.32 Å². The summed E-state index contributed by atoms with van der Waals surface area (Å²) in [6, 6.07) is 2.04. The molecule has 0 aliphatic heterocycles. The van der Waals surface area contributed by atoms with E-state index < -0.39 is 17.2 Å². The molecule has 0 unspecified atom stereocenters. The minimum absolute atomic E-state index is 0.215. The monoisotopic (exact) mass is 215 g/mol. The third-order valence-corrected chi connectivity index (χ3v) is 2.49. The van der Waals surface area contributed by atoms with Gasteiger partial charge in [-0.1, -0.05) is 0 Å². The highest BCUT2D eigenvalue weighted by molar-refractivity contribution is 5.40. The number of benzene rings is 1. The zero-order valence-corrected chi connectivity index (χ0v) is 9.32. The Labute approximate surface area is 88.3 Å². The first-order valence-electron chi connectivity index (χ1n) is 4.65. The Morgan fingerprint density at radius 1 is 1.27 bits per heavy atom. The molecule has 0 heterocycles. The summed E-state index contributed by atoms with van der Waals surface area (Å²) in [5.41, 5.74) is -0.280. The highest BCUT2D eigenvalue weighted by atomic mass is 19.1. The maximum absolute atomic E-state index is 13.6. The number of methoxy groups -OCH3 is 1. The van der Waals surface area contributed by atoms with Gasteiger partial charge in [0.2, 0.25) is 0 Å². The van der Waals surface area contributed by atoms with Crippen LogP contribution in [0.1, 0.15) is 19.4 Å². The Kier molecular flexibility index (Phi) is 3.29. The second-order valence-electron chi connectivity index (χ2n) is 3.84. The first kappa shape index (κ1) is 11.9. The number of rotatable bonds is 3. The van der Waals surface area contributed by atoms with Crippen LogP contribution in [0.2, 0.25) is 0 Å². The predicted molar refractivity (Wildman–Crippen MR) is 55.0 cm³/mol. The van der Waals surface area contributed by atoms with Gasteiger partial charge in [-0.15, -0.1) is 0 Å². The number of nitrogens with one attached hydrogen (secondary N) is 1. The van der Waals surface area contributed by atoms with Crippen LogP contribution in [0.3, 0.4) is 0 Å². The average molecular weight is 215 g/mol. The summed E-state index contributed by atoms with van der Waals surface area (Å²) in [6.45, 7) is 3.59. The van der Waals surface area contributed by atoms with E-state index in [0.717, 1.165) is 6.07 Å². The maximum Gasteiger partial charge on any atom is 0.134 e. The number of hydrogen-bond donors (Lipinski definition) is 1. The van der Waals surface area contributed by atoms with Crippen LogP contribution in [0, 0.1) is 11.6 Å². The smallest absolute Gasteiger partial charge is 0.134 e. The largest absolute Gasteiger partial charge is 0.496 e. The van der Waals surface area contributed by atoms with Crippen LogP contribution in [0.25, 0.3) is 0 Å². The van der Waals surface area contributed by atoms with Crippen molar-refractivity contribution in [2.24, 2.45) is 0 Å². The van der Waals surface area contributed by atoms with Gasteiger partial charge < -0.3 is 10.1 Å². The molecule has 0 fully saturated rings. The van der Waals surface area contributed by atoms with E-state index in [1.807, 2.05) is 0 Å². The summed E-state index contributed by atoms with van der Waals surface area (Å²) in [4.78, 5) is 0. The highest BCUT2D eigenvalue weighted by Crippen LogP contribution is 2.32. The lowest BCUT2D eigenvalue weighted by Crippen LogP contribution is -2.34. The maximum atomic E-state index is 13.6. The molecule has 0 aliphatic rings. The van der Waals surface area contributed by atoms with E-state index in [4.69, 9.17) is 4.74 Å². The second-order valence-corrected chi connectivity index (χ2v) is 3.84. The van der Waals surface area contributed by atoms with Crippen LogP contribution in [0.5, 0.6) is 5.75 Å². The van der Waals surface area contributed by atoms with Gasteiger partial charge in [-0.05, 0) is 20.9 Å². The quantitative estimate of drug-likeness (QED) is 0.836. The van der Waals surface area contributed by atoms with Crippen molar-refractivity contribution in [1.29, 1.82) is 0 Å². The molecule has 0 saturated carbocycles. The van der Waals surface area contributed by atoms with Crippen LogP contribution in [-0.4, -0.2) is 14.2 Å². The van der Waals surface area contributed by atoms with Gasteiger partial charge >= 0.3 is 0 Å². The van der Waals surface area contributed by atoms with Crippen LogP contribution in [-0.2, 0) is 5.54 Å². The molecule has 1 rings (SSSR count). The highest BCUT2D eigenvalue weighted by Gasteiger charge is 2.27. The molecule has 15 heavy (non-hydrogen) atoms. The molecule has 1 aromatic carbocycles. The van der Waals surface area contributed by atoms with E-state index in [0.29, 0.717) is 5.56 Å². The van der Waals surface area contributed by atoms with E-state index in [1.54, 1.807) is 20.9 Å². The van der Waals surface area contributed by atoms with Crippen molar-refractivity contribution < 1.29 is 13.5 Å². The average Bonchev–Trinajstić information content (AvgIpc) is 2.15. The standard InChI is InChI=1S/C11H15F2NO/c1-11(2,14-3)10-8(13)5-7(12)6-9(10)15-4/h5-6,14H,1-4H3. The fraction of sp³-hybridized carbons (Fsp3) is 0.455. The van der Waals surface area contributed by atoms with E-state index in [-0.39, 0.29) is 5.75 Å². The Balaban J connectivity index is 3.39. The van der Waals surface area contributed by atoms with Crippen molar-refractivity contribution in [3.8, 4) is 5.75 Å². The molecule has 0 spiro atoms. The SMILES string of the molecule is CNC(C)(C)c1c(F)cc(F)cc1OC. The van der Waals surface area contributed by atoms with Crippen LogP contribution < -0.4 is 10.1 Å². The minimum Gasteiger partial charge on any atom is -0.496 e. The Bertz CT molecular complexity index is 364. The van der Waals surface area contributed by atoms with Crippen LogP contribution in [0.15, 0.2) is 12.1 Å². The Morgan fingerprint density at radius 3 is 2.33 bits per heavy atom. The first-order chi connectivity index (χ1) is 6.92. The van der Waals surface area contributed by atoms with Crippen LogP contribution in [0.4, 0.5) is 8.78 Å². The normalized spacial score (nSPS) is 11.6. The Hall–Kier alpha value is -1.16. The van der Waals surface area contributed by atoms with E-state index in [1.165, 1.54) is 13.2 Å². The molecule has 0 atom stereocenters. The van der Waals surface area contributed by atoms with Crippen molar-refractivity contribution in [3.63, 3.8) is 0 Å². The predicted octanol–water partition coefficient (Wildman–Crippen LogP) is 2.43. The zero-order valence-electron chi connectivity index (χ0n) is 9.32. The molecule has 0 radical (unpaired) electrons.